The molecule has 3 aromatic rings. The zero-order valence-corrected chi connectivity index (χ0v) is 10.2. The molecule has 92 valence electrons. The van der Waals surface area contributed by atoms with Gasteiger partial charge in [0.1, 0.15) is 6.33 Å². The lowest BCUT2D eigenvalue weighted by atomic mass is 10.3. The molecule has 1 N–H and O–H groups in total. The second-order valence-electron chi connectivity index (χ2n) is 4.09. The summed E-state index contributed by atoms with van der Waals surface area (Å²) in [6.45, 7) is 0.578. The molecule has 0 aliphatic heterocycles. The third-order valence-electron chi connectivity index (χ3n) is 2.62. The molecular weight excluding hydrogens is 230 g/mol. The van der Waals surface area contributed by atoms with Crippen LogP contribution in [0.4, 0.5) is 5.69 Å². The van der Waals surface area contributed by atoms with E-state index in [0.29, 0.717) is 6.54 Å². The molecule has 0 aliphatic rings. The molecule has 0 unspecified atom stereocenters. The molecule has 0 saturated carbocycles. The van der Waals surface area contributed by atoms with Crippen molar-refractivity contribution in [1.82, 2.24) is 29.5 Å². The minimum absolute atomic E-state index is 0.578. The zero-order valence-electron chi connectivity index (χ0n) is 10.2. The number of hydrogen-bond acceptors (Lipinski definition) is 5. The summed E-state index contributed by atoms with van der Waals surface area (Å²) < 4.78 is 3.44. The molecule has 3 aromatic heterocycles. The van der Waals surface area contributed by atoms with Gasteiger partial charge < -0.3 is 5.32 Å². The molecule has 0 fully saturated rings. The van der Waals surface area contributed by atoms with Crippen LogP contribution in [0.2, 0.25) is 0 Å². The molecule has 0 radical (unpaired) electrons. The van der Waals surface area contributed by atoms with Gasteiger partial charge in [0.2, 0.25) is 0 Å². The summed E-state index contributed by atoms with van der Waals surface area (Å²) in [6.07, 6.45) is 5.36. The first-order valence-electron chi connectivity index (χ1n) is 5.59. The number of aromatic nitrogens is 6. The van der Waals surface area contributed by atoms with E-state index < -0.39 is 0 Å². The predicted octanol–water partition coefficient (Wildman–Crippen LogP) is 0.709. The number of nitrogens with zero attached hydrogens (tertiary/aromatic N) is 6. The molecule has 0 bridgehead atoms. The van der Waals surface area contributed by atoms with E-state index in [2.05, 4.69) is 25.5 Å². The molecule has 18 heavy (non-hydrogen) atoms. The minimum atomic E-state index is 0.578. The van der Waals surface area contributed by atoms with Crippen LogP contribution in [0, 0.1) is 0 Å². The number of nitrogens with one attached hydrogen (secondary N) is 1. The number of pyridine rings is 1. The molecule has 0 spiro atoms. The molecule has 3 heterocycles. The van der Waals surface area contributed by atoms with Gasteiger partial charge in [0.15, 0.2) is 11.5 Å². The van der Waals surface area contributed by atoms with Crippen molar-refractivity contribution in [3.63, 3.8) is 0 Å². The quantitative estimate of drug-likeness (QED) is 0.733. The molecular formula is C11H13N7. The van der Waals surface area contributed by atoms with E-state index in [9.17, 15) is 0 Å². The molecule has 0 aliphatic carbocycles. The fourth-order valence-corrected chi connectivity index (χ4v) is 1.83. The van der Waals surface area contributed by atoms with Gasteiger partial charge in [-0.3, -0.25) is 9.36 Å². The van der Waals surface area contributed by atoms with Crippen LogP contribution < -0.4 is 5.32 Å². The van der Waals surface area contributed by atoms with Crippen molar-refractivity contribution >= 4 is 16.7 Å². The average Bonchev–Trinajstić information content (AvgIpc) is 2.91. The van der Waals surface area contributed by atoms with Crippen molar-refractivity contribution in [3.05, 3.63) is 30.6 Å². The van der Waals surface area contributed by atoms with Crippen LogP contribution in [0.3, 0.4) is 0 Å². The summed E-state index contributed by atoms with van der Waals surface area (Å²) in [5.41, 5.74) is 1.72. The van der Waals surface area contributed by atoms with Crippen LogP contribution in [0.1, 0.15) is 5.82 Å². The number of rotatable bonds is 3. The first-order valence-corrected chi connectivity index (χ1v) is 5.59. The molecule has 7 heteroatoms. The molecule has 0 amide bonds. The SMILES string of the molecule is Cn1cnc(CNc2ccnc3nn(C)cc23)n1. The van der Waals surface area contributed by atoms with Crippen molar-refractivity contribution in [2.45, 2.75) is 6.54 Å². The van der Waals surface area contributed by atoms with Crippen molar-refractivity contribution in [3.8, 4) is 0 Å². The minimum Gasteiger partial charge on any atom is -0.377 e. The smallest absolute Gasteiger partial charge is 0.183 e. The number of hydrogen-bond donors (Lipinski definition) is 1. The lowest BCUT2D eigenvalue weighted by Crippen LogP contribution is -2.02. The van der Waals surface area contributed by atoms with Crippen molar-refractivity contribution < 1.29 is 0 Å². The van der Waals surface area contributed by atoms with Crippen LogP contribution in [-0.4, -0.2) is 29.5 Å². The first kappa shape index (κ1) is 10.7. The van der Waals surface area contributed by atoms with E-state index in [-0.39, 0.29) is 0 Å². The number of fused-ring (bicyclic) bond motifs is 1. The van der Waals surface area contributed by atoms with Gasteiger partial charge in [0.25, 0.3) is 0 Å². The van der Waals surface area contributed by atoms with E-state index >= 15 is 0 Å². The summed E-state index contributed by atoms with van der Waals surface area (Å²) in [4.78, 5) is 8.38. The topological polar surface area (TPSA) is 73.5 Å². The summed E-state index contributed by atoms with van der Waals surface area (Å²) in [6, 6.07) is 1.92. The molecule has 3 rings (SSSR count). The van der Waals surface area contributed by atoms with Crippen LogP contribution in [-0.2, 0) is 20.6 Å². The fourth-order valence-electron chi connectivity index (χ4n) is 1.83. The Labute approximate surface area is 103 Å². The van der Waals surface area contributed by atoms with Gasteiger partial charge in [-0.1, -0.05) is 0 Å². The Kier molecular flexibility index (Phi) is 2.44. The highest BCUT2D eigenvalue weighted by atomic mass is 15.3. The van der Waals surface area contributed by atoms with E-state index in [1.54, 1.807) is 21.9 Å². The van der Waals surface area contributed by atoms with Crippen LogP contribution in [0.15, 0.2) is 24.8 Å². The van der Waals surface area contributed by atoms with Gasteiger partial charge in [-0.15, -0.1) is 0 Å². The van der Waals surface area contributed by atoms with Gasteiger partial charge in [0, 0.05) is 32.2 Å². The number of anilines is 1. The summed E-state index contributed by atoms with van der Waals surface area (Å²) in [7, 11) is 3.73. The summed E-state index contributed by atoms with van der Waals surface area (Å²) in [5.74, 6) is 0.756. The Hall–Kier alpha value is -2.44. The maximum absolute atomic E-state index is 4.26. The van der Waals surface area contributed by atoms with Gasteiger partial charge in [-0.2, -0.15) is 10.2 Å². The van der Waals surface area contributed by atoms with Crippen LogP contribution >= 0.6 is 0 Å². The number of aryl methyl sites for hydroxylation is 2. The molecule has 0 saturated heterocycles. The van der Waals surface area contributed by atoms with Crippen LogP contribution in [0.25, 0.3) is 11.0 Å². The highest BCUT2D eigenvalue weighted by molar-refractivity contribution is 5.88. The normalized spacial score (nSPS) is 11.0. The van der Waals surface area contributed by atoms with Crippen molar-refractivity contribution in [2.24, 2.45) is 14.1 Å². The lowest BCUT2D eigenvalue weighted by Gasteiger charge is -2.03. The van der Waals surface area contributed by atoms with E-state index in [1.165, 1.54) is 0 Å². The third kappa shape index (κ3) is 1.90. The Morgan fingerprint density at radius 2 is 2.06 bits per heavy atom. The maximum Gasteiger partial charge on any atom is 0.183 e. The second kappa shape index (κ2) is 4.10. The van der Waals surface area contributed by atoms with Gasteiger partial charge in [-0.05, 0) is 6.07 Å². The van der Waals surface area contributed by atoms with Gasteiger partial charge >= 0.3 is 0 Å². The maximum atomic E-state index is 4.26. The molecule has 0 aromatic carbocycles. The van der Waals surface area contributed by atoms with Gasteiger partial charge in [-0.25, -0.2) is 9.97 Å². The highest BCUT2D eigenvalue weighted by Gasteiger charge is 2.06. The Bertz CT molecular complexity index is 682. The Morgan fingerprint density at radius 3 is 2.83 bits per heavy atom. The lowest BCUT2D eigenvalue weighted by molar-refractivity contribution is 0.747. The average molecular weight is 243 g/mol. The van der Waals surface area contributed by atoms with E-state index in [4.69, 9.17) is 0 Å². The predicted molar refractivity (Wildman–Crippen MR) is 66.8 cm³/mol. The first-order chi connectivity index (χ1) is 8.72. The zero-order chi connectivity index (χ0) is 12.5. The Morgan fingerprint density at radius 1 is 1.17 bits per heavy atom. The van der Waals surface area contributed by atoms with Crippen molar-refractivity contribution in [2.75, 3.05) is 5.32 Å². The standard InChI is InChI=1S/C11H13N7/c1-17-6-8-9(3-4-12-11(8)16-17)13-5-10-14-7-18(2)15-10/h3-4,6-7,13H,5H2,1-2H3. The molecule has 7 nitrogen and oxygen atoms in total. The largest absolute Gasteiger partial charge is 0.377 e. The van der Waals surface area contributed by atoms with Crippen molar-refractivity contribution in [1.29, 1.82) is 0 Å². The highest BCUT2D eigenvalue weighted by Crippen LogP contribution is 2.20. The van der Waals surface area contributed by atoms with Gasteiger partial charge in [0.05, 0.1) is 11.9 Å². The fraction of sp³-hybridized carbons (Fsp3) is 0.273. The third-order valence-corrected chi connectivity index (χ3v) is 2.62. The summed E-state index contributed by atoms with van der Waals surface area (Å²) in [5, 5.41) is 12.8. The summed E-state index contributed by atoms with van der Waals surface area (Å²) >= 11 is 0. The van der Waals surface area contributed by atoms with Crippen LogP contribution in [0.5, 0.6) is 0 Å². The van der Waals surface area contributed by atoms with E-state index in [0.717, 1.165) is 22.5 Å². The molecule has 0 atom stereocenters. The van der Waals surface area contributed by atoms with E-state index in [1.807, 2.05) is 26.4 Å². The monoisotopic (exact) mass is 243 g/mol. The second-order valence-corrected chi connectivity index (χ2v) is 4.09. The Balaban J connectivity index is 1.86.